The number of ether oxygens (including phenoxy) is 1. The molecular formula is C14H20N4O5. The number of benzene rings is 1. The van der Waals surface area contributed by atoms with Crippen LogP contribution < -0.4 is 11.6 Å². The molecule has 0 saturated carbocycles. The number of hydrogen-bond acceptors (Lipinski definition) is 8. The van der Waals surface area contributed by atoms with Crippen molar-refractivity contribution in [3.8, 4) is 0 Å². The van der Waals surface area contributed by atoms with Crippen LogP contribution in [0.1, 0.15) is 12.5 Å². The molecular weight excluding hydrogens is 304 g/mol. The van der Waals surface area contributed by atoms with Crippen molar-refractivity contribution >= 4 is 11.7 Å². The molecule has 0 spiro atoms. The number of allylic oxidation sites excluding steroid dienone is 1. The average Bonchev–Trinajstić information content (AvgIpc) is 2.47. The van der Waals surface area contributed by atoms with Gasteiger partial charge in [0.05, 0.1) is 11.5 Å². The molecule has 1 rings (SSSR count). The Labute approximate surface area is 133 Å². The van der Waals surface area contributed by atoms with Crippen LogP contribution in [0.4, 0.5) is 5.69 Å². The molecule has 9 nitrogen and oxygen atoms in total. The maximum absolute atomic E-state index is 10.8. The first-order valence-electron chi connectivity index (χ1n) is 6.80. The van der Waals surface area contributed by atoms with Crippen LogP contribution in [0.15, 0.2) is 36.2 Å². The number of esters is 1. The highest BCUT2D eigenvalue weighted by Crippen LogP contribution is 2.13. The third-order valence-electron chi connectivity index (χ3n) is 2.98. The fourth-order valence-corrected chi connectivity index (χ4v) is 1.76. The summed E-state index contributed by atoms with van der Waals surface area (Å²) in [4.78, 5) is 20.9. The van der Waals surface area contributed by atoms with Gasteiger partial charge in [-0.2, -0.15) is 0 Å². The summed E-state index contributed by atoms with van der Waals surface area (Å²) in [7, 11) is 0. The summed E-state index contributed by atoms with van der Waals surface area (Å²) in [5.74, 6) is 5.30. The van der Waals surface area contributed by atoms with Gasteiger partial charge in [0.15, 0.2) is 0 Å². The van der Waals surface area contributed by atoms with Gasteiger partial charge in [-0.1, -0.05) is 12.1 Å². The third kappa shape index (κ3) is 6.32. The molecule has 0 aliphatic heterocycles. The Morgan fingerprint density at radius 2 is 2.09 bits per heavy atom. The van der Waals surface area contributed by atoms with Crippen LogP contribution in [0.25, 0.3) is 0 Å². The summed E-state index contributed by atoms with van der Waals surface area (Å²) in [6, 6.07) is 5.36. The molecule has 0 heterocycles. The SMILES string of the molecule is CC(=O)OCC(CO)N(N)/C=C(\N)Cc1ccc([N+](=O)[O-])cc1. The van der Waals surface area contributed by atoms with E-state index in [4.69, 9.17) is 16.3 Å². The Morgan fingerprint density at radius 1 is 1.48 bits per heavy atom. The number of nitro benzene ring substituents is 1. The lowest BCUT2D eigenvalue weighted by Crippen LogP contribution is -2.43. The Kier molecular flexibility index (Phi) is 6.97. The summed E-state index contributed by atoms with van der Waals surface area (Å²) in [5.41, 5.74) is 7.04. The molecule has 0 bridgehead atoms. The first-order valence-corrected chi connectivity index (χ1v) is 6.80. The van der Waals surface area contributed by atoms with E-state index in [1.807, 2.05) is 0 Å². The lowest BCUT2D eigenvalue weighted by molar-refractivity contribution is -0.384. The van der Waals surface area contributed by atoms with E-state index in [1.165, 1.54) is 30.3 Å². The van der Waals surface area contributed by atoms with Gasteiger partial charge in [-0.3, -0.25) is 14.9 Å². The van der Waals surface area contributed by atoms with Crippen LogP contribution in [0.3, 0.4) is 0 Å². The second-order valence-corrected chi connectivity index (χ2v) is 4.89. The minimum Gasteiger partial charge on any atom is -0.464 e. The van der Waals surface area contributed by atoms with Crippen molar-refractivity contribution in [2.24, 2.45) is 11.6 Å². The highest BCUT2D eigenvalue weighted by molar-refractivity contribution is 5.65. The predicted molar refractivity (Wildman–Crippen MR) is 82.6 cm³/mol. The minimum absolute atomic E-state index is 0.00141. The van der Waals surface area contributed by atoms with Crippen LogP contribution in [-0.4, -0.2) is 40.3 Å². The molecule has 126 valence electrons. The smallest absolute Gasteiger partial charge is 0.302 e. The maximum Gasteiger partial charge on any atom is 0.302 e. The topological polar surface area (TPSA) is 145 Å². The Bertz CT molecular complexity index is 573. The fourth-order valence-electron chi connectivity index (χ4n) is 1.76. The van der Waals surface area contributed by atoms with Crippen LogP contribution in [0.5, 0.6) is 0 Å². The van der Waals surface area contributed by atoms with E-state index in [2.05, 4.69) is 0 Å². The first-order chi connectivity index (χ1) is 10.8. The minimum atomic E-state index is -0.616. The lowest BCUT2D eigenvalue weighted by Gasteiger charge is -2.24. The van der Waals surface area contributed by atoms with Crippen molar-refractivity contribution in [1.29, 1.82) is 0 Å². The van der Waals surface area contributed by atoms with Crippen LogP contribution in [-0.2, 0) is 16.0 Å². The molecule has 1 aromatic rings. The normalized spacial score (nSPS) is 12.6. The van der Waals surface area contributed by atoms with E-state index in [9.17, 15) is 20.0 Å². The molecule has 0 saturated heterocycles. The maximum atomic E-state index is 10.8. The molecule has 23 heavy (non-hydrogen) atoms. The second-order valence-electron chi connectivity index (χ2n) is 4.89. The second kappa shape index (κ2) is 8.71. The number of hydrazine groups is 1. The van der Waals surface area contributed by atoms with Crippen LogP contribution in [0, 0.1) is 10.1 Å². The van der Waals surface area contributed by atoms with E-state index in [-0.39, 0.29) is 18.9 Å². The molecule has 0 radical (unpaired) electrons. The van der Waals surface area contributed by atoms with E-state index < -0.39 is 16.9 Å². The molecule has 1 unspecified atom stereocenters. The number of carbonyl (C=O) groups excluding carboxylic acids is 1. The number of nitrogens with two attached hydrogens (primary N) is 2. The quantitative estimate of drug-likeness (QED) is 0.263. The molecule has 0 aliphatic carbocycles. The summed E-state index contributed by atoms with van der Waals surface area (Å²) in [5, 5.41) is 21.0. The molecule has 5 N–H and O–H groups in total. The van der Waals surface area contributed by atoms with E-state index in [0.29, 0.717) is 12.1 Å². The lowest BCUT2D eigenvalue weighted by atomic mass is 10.1. The standard InChI is InChI=1S/C14H20N4O5/c1-10(20)23-9-14(8-19)17(16)7-12(15)6-11-2-4-13(5-3-11)18(21)22/h2-5,7,14,19H,6,8-9,15-16H2,1H3/b12-7-. The average molecular weight is 324 g/mol. The zero-order valence-electron chi connectivity index (χ0n) is 12.7. The van der Waals surface area contributed by atoms with Gasteiger partial charge >= 0.3 is 5.97 Å². The van der Waals surface area contributed by atoms with Crippen molar-refractivity contribution < 1.29 is 19.6 Å². The third-order valence-corrected chi connectivity index (χ3v) is 2.98. The molecule has 1 aromatic carbocycles. The van der Waals surface area contributed by atoms with Crippen molar-refractivity contribution in [3.63, 3.8) is 0 Å². The number of carbonyl (C=O) groups is 1. The number of aliphatic hydroxyl groups excluding tert-OH is 1. The number of non-ortho nitro benzene ring substituents is 1. The predicted octanol–water partition coefficient (Wildman–Crippen LogP) is 0.0371. The summed E-state index contributed by atoms with van der Waals surface area (Å²) in [6.07, 6.45) is 1.75. The summed E-state index contributed by atoms with van der Waals surface area (Å²) >= 11 is 0. The summed E-state index contributed by atoms with van der Waals surface area (Å²) in [6.45, 7) is 0.878. The zero-order valence-corrected chi connectivity index (χ0v) is 12.7. The number of aliphatic hydroxyl groups is 1. The zero-order chi connectivity index (χ0) is 17.4. The van der Waals surface area contributed by atoms with Crippen molar-refractivity contribution in [2.45, 2.75) is 19.4 Å². The molecule has 0 fully saturated rings. The Balaban J connectivity index is 2.66. The first kappa shape index (κ1) is 18.4. The van der Waals surface area contributed by atoms with Crippen molar-refractivity contribution in [1.82, 2.24) is 5.01 Å². The molecule has 0 amide bonds. The number of nitrogens with zero attached hydrogens (tertiary/aromatic N) is 2. The molecule has 1 atom stereocenters. The molecule has 0 aliphatic rings. The van der Waals surface area contributed by atoms with E-state index in [1.54, 1.807) is 12.1 Å². The van der Waals surface area contributed by atoms with E-state index in [0.717, 1.165) is 5.56 Å². The largest absolute Gasteiger partial charge is 0.464 e. The Hall–Kier alpha value is -2.65. The Morgan fingerprint density at radius 3 is 2.57 bits per heavy atom. The van der Waals surface area contributed by atoms with Crippen LogP contribution in [0.2, 0.25) is 0 Å². The summed E-state index contributed by atoms with van der Waals surface area (Å²) < 4.78 is 4.80. The number of hydrogen-bond donors (Lipinski definition) is 3. The van der Waals surface area contributed by atoms with Gasteiger partial charge in [-0.15, -0.1) is 0 Å². The van der Waals surface area contributed by atoms with Gasteiger partial charge in [0, 0.05) is 37.4 Å². The van der Waals surface area contributed by atoms with Gasteiger partial charge < -0.3 is 20.6 Å². The van der Waals surface area contributed by atoms with Gasteiger partial charge in [0.1, 0.15) is 12.6 Å². The monoisotopic (exact) mass is 324 g/mol. The van der Waals surface area contributed by atoms with Gasteiger partial charge in [-0.25, -0.2) is 5.84 Å². The molecule has 0 aromatic heterocycles. The number of nitro groups is 1. The number of rotatable bonds is 8. The highest BCUT2D eigenvalue weighted by atomic mass is 16.6. The van der Waals surface area contributed by atoms with E-state index >= 15 is 0 Å². The van der Waals surface area contributed by atoms with Gasteiger partial charge in [0.25, 0.3) is 5.69 Å². The van der Waals surface area contributed by atoms with Crippen LogP contribution >= 0.6 is 0 Å². The van der Waals surface area contributed by atoms with Gasteiger partial charge in [0.2, 0.25) is 0 Å². The fraction of sp³-hybridized carbons (Fsp3) is 0.357. The molecule has 9 heteroatoms. The van der Waals surface area contributed by atoms with Crippen molar-refractivity contribution in [3.05, 3.63) is 51.8 Å². The van der Waals surface area contributed by atoms with Crippen molar-refractivity contribution in [2.75, 3.05) is 13.2 Å². The highest BCUT2D eigenvalue weighted by Gasteiger charge is 2.14. The van der Waals surface area contributed by atoms with Gasteiger partial charge in [-0.05, 0) is 5.56 Å².